The molecular weight excluding hydrogens is 222 g/mol. The van der Waals surface area contributed by atoms with Gasteiger partial charge in [0.1, 0.15) is 11.9 Å². The third-order valence-electron chi connectivity index (χ3n) is 3.75. The average Bonchev–Trinajstić information content (AvgIpc) is 2.28. The summed E-state index contributed by atoms with van der Waals surface area (Å²) in [5.74, 6) is 1.56. The minimum atomic E-state index is 0.299. The molecule has 0 saturated heterocycles. The fourth-order valence-electron chi connectivity index (χ4n) is 2.69. The van der Waals surface area contributed by atoms with Gasteiger partial charge in [-0.2, -0.15) is 0 Å². The first-order valence-electron chi connectivity index (χ1n) is 7.09. The highest BCUT2D eigenvalue weighted by molar-refractivity contribution is 5.39. The van der Waals surface area contributed by atoms with Crippen molar-refractivity contribution >= 4 is 0 Å². The van der Waals surface area contributed by atoms with Gasteiger partial charge in [0.15, 0.2) is 0 Å². The monoisotopic (exact) mass is 247 g/mol. The van der Waals surface area contributed by atoms with Gasteiger partial charge in [-0.1, -0.05) is 26.0 Å². The van der Waals surface area contributed by atoms with Crippen LogP contribution in [0, 0.1) is 6.92 Å². The van der Waals surface area contributed by atoms with Crippen LogP contribution in [0.2, 0.25) is 0 Å². The van der Waals surface area contributed by atoms with Crippen LogP contribution in [0.3, 0.4) is 0 Å². The molecule has 2 unspecified atom stereocenters. The number of hydrogen-bond donors (Lipinski definition) is 1. The van der Waals surface area contributed by atoms with Gasteiger partial charge in [-0.25, -0.2) is 0 Å². The summed E-state index contributed by atoms with van der Waals surface area (Å²) in [6.07, 6.45) is 4.76. The molecule has 2 atom stereocenters. The molecule has 2 nitrogen and oxygen atoms in total. The summed E-state index contributed by atoms with van der Waals surface area (Å²) >= 11 is 0. The van der Waals surface area contributed by atoms with E-state index in [0.29, 0.717) is 18.1 Å². The second-order valence-corrected chi connectivity index (χ2v) is 5.86. The second-order valence-electron chi connectivity index (χ2n) is 5.86. The molecule has 2 rings (SSSR count). The SMILES string of the molecule is Cc1ccc(C(C)C)c(OC2CCCC(N)C2)c1. The molecule has 0 radical (unpaired) electrons. The third kappa shape index (κ3) is 3.26. The van der Waals surface area contributed by atoms with E-state index in [4.69, 9.17) is 10.5 Å². The highest BCUT2D eigenvalue weighted by Crippen LogP contribution is 2.30. The molecular formula is C16H25NO. The van der Waals surface area contributed by atoms with E-state index in [2.05, 4.69) is 39.0 Å². The van der Waals surface area contributed by atoms with Crippen LogP contribution in [-0.4, -0.2) is 12.1 Å². The molecule has 1 aliphatic rings. The maximum absolute atomic E-state index is 6.22. The van der Waals surface area contributed by atoms with Crippen LogP contribution >= 0.6 is 0 Å². The Balaban J connectivity index is 2.14. The largest absolute Gasteiger partial charge is 0.490 e. The molecule has 0 heterocycles. The number of aryl methyl sites for hydroxylation is 1. The predicted octanol–water partition coefficient (Wildman–Crippen LogP) is 3.77. The van der Waals surface area contributed by atoms with E-state index in [0.717, 1.165) is 25.0 Å². The minimum Gasteiger partial charge on any atom is -0.490 e. The lowest BCUT2D eigenvalue weighted by molar-refractivity contribution is 0.143. The van der Waals surface area contributed by atoms with Gasteiger partial charge in [-0.3, -0.25) is 0 Å². The molecule has 100 valence electrons. The molecule has 1 aromatic carbocycles. The van der Waals surface area contributed by atoms with Crippen molar-refractivity contribution < 1.29 is 4.74 Å². The smallest absolute Gasteiger partial charge is 0.123 e. The van der Waals surface area contributed by atoms with Crippen molar-refractivity contribution in [1.82, 2.24) is 0 Å². The van der Waals surface area contributed by atoms with E-state index in [1.54, 1.807) is 0 Å². The summed E-state index contributed by atoms with van der Waals surface area (Å²) in [7, 11) is 0. The van der Waals surface area contributed by atoms with Crippen LogP contribution in [0.4, 0.5) is 0 Å². The summed E-state index contributed by atoms with van der Waals surface area (Å²) in [5.41, 5.74) is 8.59. The molecule has 0 spiro atoms. The standard InChI is InChI=1S/C16H25NO/c1-11(2)15-8-7-12(3)9-16(15)18-14-6-4-5-13(17)10-14/h7-9,11,13-14H,4-6,10,17H2,1-3H3. The molecule has 2 heteroatoms. The maximum Gasteiger partial charge on any atom is 0.123 e. The lowest BCUT2D eigenvalue weighted by Gasteiger charge is -2.28. The quantitative estimate of drug-likeness (QED) is 0.882. The van der Waals surface area contributed by atoms with Gasteiger partial charge in [-0.05, 0) is 55.7 Å². The lowest BCUT2D eigenvalue weighted by atomic mass is 9.93. The van der Waals surface area contributed by atoms with Crippen LogP contribution < -0.4 is 10.5 Å². The topological polar surface area (TPSA) is 35.2 Å². The highest BCUT2D eigenvalue weighted by Gasteiger charge is 2.21. The Kier molecular flexibility index (Phi) is 4.28. The van der Waals surface area contributed by atoms with Gasteiger partial charge in [0.25, 0.3) is 0 Å². The normalized spacial score (nSPS) is 24.3. The molecule has 1 aromatic rings. The van der Waals surface area contributed by atoms with E-state index < -0.39 is 0 Å². The van der Waals surface area contributed by atoms with Gasteiger partial charge in [0.2, 0.25) is 0 Å². The Hall–Kier alpha value is -1.02. The Morgan fingerprint density at radius 1 is 1.28 bits per heavy atom. The number of hydrogen-bond acceptors (Lipinski definition) is 2. The summed E-state index contributed by atoms with van der Waals surface area (Å²) in [6.45, 7) is 6.54. The van der Waals surface area contributed by atoms with Crippen LogP contribution in [0.15, 0.2) is 18.2 Å². The van der Waals surface area contributed by atoms with Gasteiger partial charge in [0.05, 0.1) is 0 Å². The van der Waals surface area contributed by atoms with Crippen molar-refractivity contribution in [2.45, 2.75) is 64.5 Å². The van der Waals surface area contributed by atoms with Gasteiger partial charge >= 0.3 is 0 Å². The van der Waals surface area contributed by atoms with Crippen molar-refractivity contribution in [3.63, 3.8) is 0 Å². The first kappa shape index (κ1) is 13.4. The Bertz CT molecular complexity index is 400. The van der Waals surface area contributed by atoms with Crippen LogP contribution in [0.1, 0.15) is 56.6 Å². The molecule has 0 aliphatic heterocycles. The van der Waals surface area contributed by atoms with Crippen molar-refractivity contribution in [3.05, 3.63) is 29.3 Å². The molecule has 1 saturated carbocycles. The number of ether oxygens (including phenoxy) is 1. The molecule has 1 fully saturated rings. The minimum absolute atomic E-state index is 0.299. The molecule has 1 aliphatic carbocycles. The number of nitrogens with two attached hydrogens (primary N) is 1. The Morgan fingerprint density at radius 2 is 2.06 bits per heavy atom. The average molecular weight is 247 g/mol. The van der Waals surface area contributed by atoms with Gasteiger partial charge in [-0.15, -0.1) is 0 Å². The fraction of sp³-hybridized carbons (Fsp3) is 0.625. The van der Waals surface area contributed by atoms with E-state index in [1.165, 1.54) is 17.5 Å². The van der Waals surface area contributed by atoms with Crippen molar-refractivity contribution in [3.8, 4) is 5.75 Å². The Morgan fingerprint density at radius 3 is 2.72 bits per heavy atom. The summed E-state index contributed by atoms with van der Waals surface area (Å²) in [4.78, 5) is 0. The number of benzene rings is 1. The zero-order valence-corrected chi connectivity index (χ0v) is 11.8. The van der Waals surface area contributed by atoms with Crippen molar-refractivity contribution in [2.24, 2.45) is 5.73 Å². The van der Waals surface area contributed by atoms with E-state index in [1.807, 2.05) is 0 Å². The summed E-state index contributed by atoms with van der Waals surface area (Å²) < 4.78 is 6.22. The highest BCUT2D eigenvalue weighted by atomic mass is 16.5. The first-order chi connectivity index (χ1) is 8.56. The number of rotatable bonds is 3. The third-order valence-corrected chi connectivity index (χ3v) is 3.75. The van der Waals surface area contributed by atoms with Crippen molar-refractivity contribution in [2.75, 3.05) is 0 Å². The predicted molar refractivity (Wildman–Crippen MR) is 76.1 cm³/mol. The van der Waals surface area contributed by atoms with Crippen LogP contribution in [0.5, 0.6) is 5.75 Å². The second kappa shape index (κ2) is 5.75. The maximum atomic E-state index is 6.22. The zero-order chi connectivity index (χ0) is 13.1. The molecule has 0 amide bonds. The van der Waals surface area contributed by atoms with Gasteiger partial charge < -0.3 is 10.5 Å². The van der Waals surface area contributed by atoms with E-state index in [9.17, 15) is 0 Å². The summed E-state index contributed by atoms with van der Waals surface area (Å²) in [5, 5.41) is 0. The lowest BCUT2D eigenvalue weighted by Crippen LogP contribution is -2.33. The van der Waals surface area contributed by atoms with E-state index in [-0.39, 0.29) is 0 Å². The molecule has 2 N–H and O–H groups in total. The first-order valence-corrected chi connectivity index (χ1v) is 7.09. The molecule has 0 aromatic heterocycles. The van der Waals surface area contributed by atoms with Crippen molar-refractivity contribution in [1.29, 1.82) is 0 Å². The molecule has 18 heavy (non-hydrogen) atoms. The van der Waals surface area contributed by atoms with E-state index >= 15 is 0 Å². The fourth-order valence-corrected chi connectivity index (χ4v) is 2.69. The van der Waals surface area contributed by atoms with Gasteiger partial charge in [0, 0.05) is 6.04 Å². The molecule has 0 bridgehead atoms. The zero-order valence-electron chi connectivity index (χ0n) is 11.8. The Labute approximate surface area is 111 Å². The van der Waals surface area contributed by atoms with Crippen LogP contribution in [0.25, 0.3) is 0 Å². The van der Waals surface area contributed by atoms with Crippen LogP contribution in [-0.2, 0) is 0 Å². The summed E-state index contributed by atoms with van der Waals surface area (Å²) in [6, 6.07) is 6.83.